The molecule has 1 heterocycles. The molecule has 0 bridgehead atoms. The lowest BCUT2D eigenvalue weighted by atomic mass is 9.87. The van der Waals surface area contributed by atoms with E-state index in [0.717, 1.165) is 34.5 Å². The smallest absolute Gasteiger partial charge is 0.122 e. The van der Waals surface area contributed by atoms with Crippen molar-refractivity contribution in [1.29, 1.82) is 0 Å². The van der Waals surface area contributed by atoms with Crippen LogP contribution >= 0.6 is 22.9 Å². The number of nitrogens with zero attached hydrogens (tertiary/aromatic N) is 3. The van der Waals surface area contributed by atoms with E-state index in [0.29, 0.717) is 0 Å². The Bertz CT molecular complexity index is 825. The maximum atomic E-state index is 6.44. The SMILES string of the molecule is NC1Cc2ccccc2-c2c(nnn2I)-c2ccccc21. The first-order valence-electron chi connectivity index (χ1n) is 6.80. The van der Waals surface area contributed by atoms with Gasteiger partial charge >= 0.3 is 0 Å². The standard InChI is InChI=1S/C16H13IN4/c17-21-16-11-6-2-1-5-10(11)9-14(18)12-7-3-4-8-13(12)15(16)19-20-21/h1-8,14H,9,18H2. The Kier molecular flexibility index (Phi) is 3.04. The Morgan fingerprint density at radius 2 is 1.76 bits per heavy atom. The van der Waals surface area contributed by atoms with E-state index in [9.17, 15) is 0 Å². The van der Waals surface area contributed by atoms with E-state index >= 15 is 0 Å². The van der Waals surface area contributed by atoms with Gasteiger partial charge in [-0.3, -0.25) is 0 Å². The van der Waals surface area contributed by atoms with Crippen LogP contribution < -0.4 is 5.73 Å². The average molecular weight is 388 g/mol. The molecule has 1 aliphatic carbocycles. The maximum Gasteiger partial charge on any atom is 0.122 e. The molecule has 0 saturated heterocycles. The van der Waals surface area contributed by atoms with Gasteiger partial charge in [0.2, 0.25) is 0 Å². The molecule has 0 radical (unpaired) electrons. The fraction of sp³-hybridized carbons (Fsp3) is 0.125. The summed E-state index contributed by atoms with van der Waals surface area (Å²) in [5.74, 6) is 0. The summed E-state index contributed by atoms with van der Waals surface area (Å²) in [7, 11) is 0. The molecule has 3 aromatic rings. The highest BCUT2D eigenvalue weighted by Crippen LogP contribution is 2.39. The molecule has 1 aromatic heterocycles. The highest BCUT2D eigenvalue weighted by Gasteiger charge is 2.25. The van der Waals surface area contributed by atoms with Gasteiger partial charge in [0, 0.05) is 17.2 Å². The Morgan fingerprint density at radius 1 is 1.05 bits per heavy atom. The van der Waals surface area contributed by atoms with Crippen LogP contribution in [0.4, 0.5) is 0 Å². The summed E-state index contributed by atoms with van der Waals surface area (Å²) in [6, 6.07) is 16.5. The molecule has 2 N–H and O–H groups in total. The number of aromatic nitrogens is 3. The minimum absolute atomic E-state index is 0.0325. The van der Waals surface area contributed by atoms with Gasteiger partial charge in [0.25, 0.3) is 0 Å². The van der Waals surface area contributed by atoms with E-state index in [-0.39, 0.29) is 6.04 Å². The van der Waals surface area contributed by atoms with Crippen LogP contribution in [0.3, 0.4) is 0 Å². The van der Waals surface area contributed by atoms with E-state index in [2.05, 4.69) is 63.5 Å². The van der Waals surface area contributed by atoms with Gasteiger partial charge in [0.15, 0.2) is 0 Å². The van der Waals surface area contributed by atoms with Gasteiger partial charge in [-0.25, -0.2) is 0 Å². The van der Waals surface area contributed by atoms with Crippen molar-refractivity contribution >= 4 is 22.9 Å². The topological polar surface area (TPSA) is 56.7 Å². The van der Waals surface area contributed by atoms with Gasteiger partial charge in [0.05, 0.1) is 22.9 Å². The van der Waals surface area contributed by atoms with Crippen LogP contribution in [0, 0.1) is 0 Å². The lowest BCUT2D eigenvalue weighted by Gasteiger charge is -2.21. The van der Waals surface area contributed by atoms with Gasteiger partial charge in [-0.15, -0.1) is 5.10 Å². The third-order valence-corrected chi connectivity index (χ3v) is 4.64. The molecule has 1 aliphatic rings. The van der Waals surface area contributed by atoms with E-state index < -0.39 is 0 Å². The second kappa shape index (κ2) is 4.92. The molecule has 1 atom stereocenters. The zero-order valence-corrected chi connectivity index (χ0v) is 13.4. The fourth-order valence-corrected chi connectivity index (χ4v) is 3.57. The van der Waals surface area contributed by atoms with Crippen molar-refractivity contribution < 1.29 is 0 Å². The molecule has 0 spiro atoms. The Labute approximate surface area is 136 Å². The molecule has 104 valence electrons. The Morgan fingerprint density at radius 3 is 2.62 bits per heavy atom. The fourth-order valence-electron chi connectivity index (χ4n) is 2.98. The van der Waals surface area contributed by atoms with Crippen LogP contribution in [-0.2, 0) is 6.42 Å². The van der Waals surface area contributed by atoms with Crippen molar-refractivity contribution in [2.24, 2.45) is 5.73 Å². The van der Waals surface area contributed by atoms with Crippen LogP contribution in [0.15, 0.2) is 48.5 Å². The van der Waals surface area contributed by atoms with Crippen molar-refractivity contribution in [1.82, 2.24) is 13.2 Å². The average Bonchev–Trinajstić information content (AvgIpc) is 2.88. The summed E-state index contributed by atoms with van der Waals surface area (Å²) < 4.78 is 1.82. The molecule has 21 heavy (non-hydrogen) atoms. The molecule has 4 rings (SSSR count). The van der Waals surface area contributed by atoms with Crippen molar-refractivity contribution in [2.75, 3.05) is 0 Å². The molecule has 5 heteroatoms. The van der Waals surface area contributed by atoms with E-state index in [1.54, 1.807) is 0 Å². The minimum atomic E-state index is -0.0325. The Balaban J connectivity index is 2.11. The molecule has 0 amide bonds. The molecule has 0 saturated carbocycles. The van der Waals surface area contributed by atoms with Crippen LogP contribution in [0.5, 0.6) is 0 Å². The number of benzene rings is 2. The summed E-state index contributed by atoms with van der Waals surface area (Å²) in [4.78, 5) is 0. The predicted molar refractivity (Wildman–Crippen MR) is 90.9 cm³/mol. The summed E-state index contributed by atoms with van der Waals surface area (Å²) in [5, 5.41) is 8.60. The Hall–Kier alpha value is -1.73. The van der Waals surface area contributed by atoms with Crippen LogP contribution in [-0.4, -0.2) is 13.2 Å². The van der Waals surface area contributed by atoms with Crippen LogP contribution in [0.25, 0.3) is 22.5 Å². The minimum Gasteiger partial charge on any atom is -0.324 e. The summed E-state index contributed by atoms with van der Waals surface area (Å²) in [5.41, 5.74) is 13.0. The van der Waals surface area contributed by atoms with E-state index in [4.69, 9.17) is 5.73 Å². The van der Waals surface area contributed by atoms with Gasteiger partial charge in [-0.05, 0) is 17.5 Å². The summed E-state index contributed by atoms with van der Waals surface area (Å²) in [6.07, 6.45) is 0.814. The number of hydrogen-bond donors (Lipinski definition) is 1. The molecular weight excluding hydrogens is 375 g/mol. The number of fused-ring (bicyclic) bond motifs is 5. The molecule has 0 fully saturated rings. The zero-order valence-electron chi connectivity index (χ0n) is 11.2. The van der Waals surface area contributed by atoms with E-state index in [1.807, 2.05) is 21.1 Å². The van der Waals surface area contributed by atoms with Gasteiger partial charge in [0.1, 0.15) is 11.4 Å². The third-order valence-electron chi connectivity index (χ3n) is 3.96. The first kappa shape index (κ1) is 13.0. The zero-order chi connectivity index (χ0) is 14.4. The highest BCUT2D eigenvalue weighted by molar-refractivity contribution is 14.1. The predicted octanol–water partition coefficient (Wildman–Crippen LogP) is 3.37. The highest BCUT2D eigenvalue weighted by atomic mass is 127. The first-order chi connectivity index (χ1) is 10.3. The number of rotatable bonds is 0. The third kappa shape index (κ3) is 1.99. The van der Waals surface area contributed by atoms with Crippen molar-refractivity contribution in [3.63, 3.8) is 0 Å². The van der Waals surface area contributed by atoms with E-state index in [1.165, 1.54) is 5.56 Å². The van der Waals surface area contributed by atoms with Gasteiger partial charge < -0.3 is 5.73 Å². The molecule has 0 aliphatic heterocycles. The number of nitrogens with two attached hydrogens (primary N) is 1. The van der Waals surface area contributed by atoms with Crippen molar-refractivity contribution in [3.05, 3.63) is 59.7 Å². The monoisotopic (exact) mass is 388 g/mol. The quantitative estimate of drug-likeness (QED) is 0.601. The van der Waals surface area contributed by atoms with Gasteiger partial charge in [-0.2, -0.15) is 2.90 Å². The van der Waals surface area contributed by atoms with Crippen molar-refractivity contribution in [3.8, 4) is 22.5 Å². The van der Waals surface area contributed by atoms with Gasteiger partial charge in [-0.1, -0.05) is 53.7 Å². The number of hydrogen-bond acceptors (Lipinski definition) is 3. The second-order valence-corrected chi connectivity index (χ2v) is 6.12. The first-order valence-corrected chi connectivity index (χ1v) is 7.77. The summed E-state index contributed by atoms with van der Waals surface area (Å²) in [6.45, 7) is 0. The normalized spacial score (nSPS) is 16.4. The van der Waals surface area contributed by atoms with Crippen molar-refractivity contribution in [2.45, 2.75) is 12.5 Å². The van der Waals surface area contributed by atoms with Crippen LogP contribution in [0.1, 0.15) is 17.2 Å². The number of halogens is 1. The molecular formula is C16H13IN4. The lowest BCUT2D eigenvalue weighted by Crippen LogP contribution is -2.16. The lowest BCUT2D eigenvalue weighted by molar-refractivity contribution is 0.722. The molecule has 1 unspecified atom stereocenters. The second-order valence-electron chi connectivity index (χ2n) is 5.20. The maximum absolute atomic E-state index is 6.44. The molecule has 2 aromatic carbocycles. The summed E-state index contributed by atoms with van der Waals surface area (Å²) >= 11 is 2.18. The molecule has 4 nitrogen and oxygen atoms in total. The largest absolute Gasteiger partial charge is 0.324 e. The van der Waals surface area contributed by atoms with Crippen LogP contribution in [0.2, 0.25) is 0 Å².